The summed E-state index contributed by atoms with van der Waals surface area (Å²) in [5.41, 5.74) is 0. The van der Waals surface area contributed by atoms with Crippen molar-refractivity contribution < 1.29 is 17.7 Å². The Kier molecular flexibility index (Phi) is 4.74. The van der Waals surface area contributed by atoms with Gasteiger partial charge in [0.25, 0.3) is 0 Å². The van der Waals surface area contributed by atoms with Crippen molar-refractivity contribution in [3.63, 3.8) is 0 Å². The summed E-state index contributed by atoms with van der Waals surface area (Å²) in [6, 6.07) is 8.92. The van der Waals surface area contributed by atoms with Crippen LogP contribution in [-0.4, -0.2) is 25.1 Å². The lowest BCUT2D eigenvalue weighted by atomic mass is 10.3. The number of thiophene rings is 1. The maximum atomic E-state index is 12.7. The molecule has 0 radical (unpaired) electrons. The van der Waals surface area contributed by atoms with E-state index in [-0.39, 0.29) is 5.82 Å². The van der Waals surface area contributed by atoms with E-state index in [1.165, 1.54) is 11.3 Å². The zero-order valence-electron chi connectivity index (χ0n) is 14.0. The quantitative estimate of drug-likeness (QED) is 0.489. The van der Waals surface area contributed by atoms with Crippen molar-refractivity contribution in [3.05, 3.63) is 65.9 Å². The summed E-state index contributed by atoms with van der Waals surface area (Å²) in [5, 5.41) is 3.42. The van der Waals surface area contributed by atoms with Crippen LogP contribution in [0.4, 0.5) is 24.8 Å². The van der Waals surface area contributed by atoms with Gasteiger partial charge in [-0.2, -0.15) is 18.2 Å². The van der Waals surface area contributed by atoms with E-state index in [1.807, 2.05) is 17.0 Å². The third-order valence-corrected chi connectivity index (χ3v) is 4.68. The molecule has 0 aliphatic heterocycles. The molecule has 0 atom stereocenters. The molecule has 0 aliphatic carbocycles. The smallest absolute Gasteiger partial charge is 0.329 e. The first kappa shape index (κ1) is 18.0. The summed E-state index contributed by atoms with van der Waals surface area (Å²) in [7, 11) is 0. The molecule has 0 saturated carbocycles. The largest absolute Gasteiger partial charge is 0.471 e. The van der Waals surface area contributed by atoms with Crippen LogP contribution in [0.15, 0.2) is 59.6 Å². The van der Waals surface area contributed by atoms with Crippen LogP contribution in [0.25, 0.3) is 10.7 Å². The average molecular weight is 404 g/mol. The summed E-state index contributed by atoms with van der Waals surface area (Å²) in [6.07, 6.45) is 1.74. The first-order valence-corrected chi connectivity index (χ1v) is 8.77. The number of hydrogen-bond donors (Lipinski definition) is 0. The number of aromatic nitrogens is 5. The number of hydrogen-bond acceptors (Lipinski definition) is 8. The number of nitrogens with zero attached hydrogens (tertiary/aromatic N) is 6. The fraction of sp³-hybridized carbons (Fsp3) is 0.118. The minimum atomic E-state index is -4.67. The highest BCUT2D eigenvalue weighted by atomic mass is 32.1. The molecule has 0 bridgehead atoms. The Balaban J connectivity index is 1.61. The highest BCUT2D eigenvalue weighted by molar-refractivity contribution is 7.15. The average Bonchev–Trinajstić information content (AvgIpc) is 3.37. The van der Waals surface area contributed by atoms with Crippen molar-refractivity contribution in [3.8, 4) is 10.7 Å². The van der Waals surface area contributed by atoms with E-state index in [2.05, 4.69) is 29.6 Å². The molecule has 4 aromatic heterocycles. The lowest BCUT2D eigenvalue weighted by Crippen LogP contribution is -2.18. The molecule has 11 heteroatoms. The van der Waals surface area contributed by atoms with Crippen LogP contribution in [0, 0.1) is 0 Å². The van der Waals surface area contributed by atoms with Gasteiger partial charge >= 0.3 is 12.1 Å². The van der Waals surface area contributed by atoms with Crippen LogP contribution in [0.3, 0.4) is 0 Å². The molecule has 4 aromatic rings. The molecule has 0 N–H and O–H groups in total. The predicted octanol–water partition coefficient (Wildman–Crippen LogP) is 4.34. The first-order chi connectivity index (χ1) is 13.5. The van der Waals surface area contributed by atoms with E-state index >= 15 is 0 Å². The third-order valence-electron chi connectivity index (χ3n) is 3.62. The van der Waals surface area contributed by atoms with Gasteiger partial charge in [0.15, 0.2) is 5.82 Å². The summed E-state index contributed by atoms with van der Waals surface area (Å²) in [4.78, 5) is 19.3. The van der Waals surface area contributed by atoms with Gasteiger partial charge in [0.05, 0.1) is 17.6 Å². The van der Waals surface area contributed by atoms with Gasteiger partial charge in [-0.05, 0) is 24.3 Å². The lowest BCUT2D eigenvalue weighted by molar-refractivity contribution is -0.159. The van der Waals surface area contributed by atoms with E-state index in [1.54, 1.807) is 43.0 Å². The van der Waals surface area contributed by atoms with Gasteiger partial charge in [-0.3, -0.25) is 4.98 Å². The van der Waals surface area contributed by atoms with Crippen LogP contribution in [0.2, 0.25) is 0 Å². The zero-order chi connectivity index (χ0) is 19.6. The molecule has 0 aliphatic rings. The Bertz CT molecular complexity index is 1010. The first-order valence-electron chi connectivity index (χ1n) is 7.95. The van der Waals surface area contributed by atoms with Crippen molar-refractivity contribution in [2.75, 3.05) is 4.90 Å². The highest BCUT2D eigenvalue weighted by Crippen LogP contribution is 2.33. The minimum Gasteiger partial charge on any atom is -0.329 e. The molecule has 0 spiro atoms. The Hall–Kier alpha value is -3.34. The topological polar surface area (TPSA) is 80.8 Å². The maximum Gasteiger partial charge on any atom is 0.471 e. The summed E-state index contributed by atoms with van der Waals surface area (Å²) in [6.45, 7) is 0.393. The van der Waals surface area contributed by atoms with Crippen LogP contribution in [-0.2, 0) is 12.7 Å². The van der Waals surface area contributed by atoms with Gasteiger partial charge in [-0.15, -0.1) is 11.3 Å². The van der Waals surface area contributed by atoms with Gasteiger partial charge in [0.2, 0.25) is 5.82 Å². The maximum absolute atomic E-state index is 12.7. The van der Waals surface area contributed by atoms with Crippen molar-refractivity contribution in [2.45, 2.75) is 12.7 Å². The van der Waals surface area contributed by atoms with Gasteiger partial charge in [0.1, 0.15) is 5.82 Å². The number of pyridine rings is 1. The van der Waals surface area contributed by atoms with Crippen molar-refractivity contribution in [1.29, 1.82) is 0 Å². The molecule has 0 unspecified atom stereocenters. The molecule has 4 heterocycles. The molecule has 0 aromatic carbocycles. The predicted molar refractivity (Wildman–Crippen MR) is 94.7 cm³/mol. The molecule has 0 amide bonds. The lowest BCUT2D eigenvalue weighted by Gasteiger charge is -2.21. The SMILES string of the molecule is FC(F)(F)c1nc(-c2ccc(CN(c3ccccn3)c3cnccn3)s2)no1. The minimum absolute atomic E-state index is 0.104. The molecular formula is C17H11F3N6OS. The van der Waals surface area contributed by atoms with Crippen molar-refractivity contribution >= 4 is 23.0 Å². The third kappa shape index (κ3) is 3.83. The van der Waals surface area contributed by atoms with E-state index in [0.717, 1.165) is 4.88 Å². The Morgan fingerprint density at radius 1 is 1.00 bits per heavy atom. The van der Waals surface area contributed by atoms with Crippen LogP contribution >= 0.6 is 11.3 Å². The Morgan fingerprint density at radius 3 is 2.54 bits per heavy atom. The standard InChI is InChI=1S/C17H11F3N6OS/c18-17(19,20)16-24-15(25-27-16)12-5-4-11(28-12)10-26(13-3-1-2-6-22-13)14-9-21-7-8-23-14/h1-9H,10H2. The molecule has 28 heavy (non-hydrogen) atoms. The van der Waals surface area contributed by atoms with Crippen LogP contribution in [0.1, 0.15) is 10.8 Å². The van der Waals surface area contributed by atoms with E-state index in [0.29, 0.717) is 23.1 Å². The fourth-order valence-corrected chi connectivity index (χ4v) is 3.32. The Labute approximate surface area is 160 Å². The number of halogens is 3. The molecule has 0 fully saturated rings. The van der Waals surface area contributed by atoms with Crippen molar-refractivity contribution in [1.82, 2.24) is 25.1 Å². The number of alkyl halides is 3. The van der Waals surface area contributed by atoms with Gasteiger partial charge < -0.3 is 9.42 Å². The van der Waals surface area contributed by atoms with Gasteiger partial charge in [-0.25, -0.2) is 9.97 Å². The summed E-state index contributed by atoms with van der Waals surface area (Å²) in [5.74, 6) is -0.216. The number of rotatable bonds is 5. The highest BCUT2D eigenvalue weighted by Gasteiger charge is 2.38. The Morgan fingerprint density at radius 2 is 1.86 bits per heavy atom. The second-order valence-electron chi connectivity index (χ2n) is 5.52. The molecular weight excluding hydrogens is 393 g/mol. The van der Waals surface area contributed by atoms with E-state index in [9.17, 15) is 13.2 Å². The normalized spacial score (nSPS) is 11.5. The van der Waals surface area contributed by atoms with Gasteiger partial charge in [0, 0.05) is 23.5 Å². The fourth-order valence-electron chi connectivity index (χ4n) is 2.40. The van der Waals surface area contributed by atoms with Gasteiger partial charge in [-0.1, -0.05) is 11.2 Å². The van der Waals surface area contributed by atoms with Crippen molar-refractivity contribution in [2.24, 2.45) is 0 Å². The second-order valence-corrected chi connectivity index (χ2v) is 6.69. The monoisotopic (exact) mass is 404 g/mol. The van der Waals surface area contributed by atoms with Crippen LogP contribution < -0.4 is 4.90 Å². The summed E-state index contributed by atoms with van der Waals surface area (Å²) < 4.78 is 42.2. The second kappa shape index (κ2) is 7.35. The molecule has 142 valence electrons. The van der Waals surface area contributed by atoms with Crippen LogP contribution in [0.5, 0.6) is 0 Å². The van der Waals surface area contributed by atoms with E-state index < -0.39 is 12.1 Å². The number of anilines is 2. The molecule has 0 saturated heterocycles. The zero-order valence-corrected chi connectivity index (χ0v) is 14.9. The summed E-state index contributed by atoms with van der Waals surface area (Å²) >= 11 is 1.26. The molecule has 7 nitrogen and oxygen atoms in total. The molecule has 4 rings (SSSR count). The van der Waals surface area contributed by atoms with E-state index in [4.69, 9.17) is 0 Å².